The first-order chi connectivity index (χ1) is 16.9. The zero-order valence-corrected chi connectivity index (χ0v) is 28.1. The number of nitrogens with zero attached hydrogens (tertiary/aromatic N) is 1. The van der Waals surface area contributed by atoms with Gasteiger partial charge in [0.2, 0.25) is 0 Å². The lowest BCUT2D eigenvalue weighted by Gasteiger charge is -2.50. The van der Waals surface area contributed by atoms with E-state index in [1.165, 1.54) is 159 Å². The fourth-order valence-electron chi connectivity index (χ4n) is 6.33. The minimum Gasteiger partial charge on any atom is -1.00 e. The summed E-state index contributed by atoms with van der Waals surface area (Å²) in [5.74, 6) is 0. The topological polar surface area (TPSA) is 0 Å². The fourth-order valence-corrected chi connectivity index (χ4v) is 6.33. The third kappa shape index (κ3) is 18.7. The predicted molar refractivity (Wildman–Crippen MR) is 162 cm³/mol. The van der Waals surface area contributed by atoms with E-state index in [4.69, 9.17) is 0 Å². The Balaban J connectivity index is 0. The molecule has 3 unspecified atom stereocenters. The van der Waals surface area contributed by atoms with Crippen molar-refractivity contribution in [2.24, 2.45) is 0 Å². The molecule has 0 aromatic rings. The minimum absolute atomic E-state index is 0. The lowest BCUT2D eigenvalue weighted by atomic mass is 9.94. The molecule has 0 aliphatic rings. The van der Waals surface area contributed by atoms with Crippen molar-refractivity contribution in [1.82, 2.24) is 0 Å². The SMILES string of the molecule is CCCCCCCCCC(C)[N+](C)(C(C)CCCCCCCCC)C(C)CCCCCCCCC.[Br-]. The molecule has 0 saturated heterocycles. The van der Waals surface area contributed by atoms with Gasteiger partial charge in [-0.25, -0.2) is 0 Å². The molecule has 0 N–H and O–H groups in total. The van der Waals surface area contributed by atoms with E-state index >= 15 is 0 Å². The van der Waals surface area contributed by atoms with Crippen molar-refractivity contribution in [3.8, 4) is 0 Å². The quantitative estimate of drug-likeness (QED) is 0.0678. The molecule has 0 aliphatic carbocycles. The van der Waals surface area contributed by atoms with Crippen LogP contribution in [-0.2, 0) is 0 Å². The van der Waals surface area contributed by atoms with Gasteiger partial charge in [0.1, 0.15) is 0 Å². The van der Waals surface area contributed by atoms with Gasteiger partial charge in [0.15, 0.2) is 0 Å². The van der Waals surface area contributed by atoms with Gasteiger partial charge in [-0.2, -0.15) is 0 Å². The maximum Gasteiger partial charge on any atom is 0.0863 e. The zero-order valence-electron chi connectivity index (χ0n) is 26.5. The average molecular weight is 575 g/mol. The third-order valence-electron chi connectivity index (χ3n) is 9.53. The monoisotopic (exact) mass is 573 g/mol. The van der Waals surface area contributed by atoms with Crippen LogP contribution in [0.5, 0.6) is 0 Å². The van der Waals surface area contributed by atoms with Crippen LogP contribution in [0.4, 0.5) is 0 Å². The average Bonchev–Trinajstić information content (AvgIpc) is 2.86. The van der Waals surface area contributed by atoms with E-state index in [0.29, 0.717) is 0 Å². The van der Waals surface area contributed by atoms with Gasteiger partial charge >= 0.3 is 0 Å². The standard InChI is InChI=1S/C34H72N.BrH/c1-8-11-14-17-20-23-26-29-32(4)35(7,33(5)30-27-24-21-18-15-12-9-2)34(6)31-28-25-22-19-16-13-10-3;/h32-34H,8-31H2,1-7H3;1H/q+1;/p-1. The number of halogens is 1. The van der Waals surface area contributed by atoms with Crippen molar-refractivity contribution in [2.45, 2.75) is 214 Å². The maximum absolute atomic E-state index is 2.64. The molecule has 1 nitrogen and oxygen atoms in total. The Morgan fingerprint density at radius 1 is 0.361 bits per heavy atom. The first kappa shape index (κ1) is 38.6. The highest BCUT2D eigenvalue weighted by molar-refractivity contribution is 4.67. The van der Waals surface area contributed by atoms with Crippen molar-refractivity contribution in [3.63, 3.8) is 0 Å². The lowest BCUT2D eigenvalue weighted by Crippen LogP contribution is -3.00. The van der Waals surface area contributed by atoms with Crippen LogP contribution in [0.2, 0.25) is 0 Å². The Hall–Kier alpha value is 0.440. The highest BCUT2D eigenvalue weighted by Gasteiger charge is 2.38. The molecule has 0 saturated carbocycles. The predicted octanol–water partition coefficient (Wildman–Crippen LogP) is 9.02. The third-order valence-corrected chi connectivity index (χ3v) is 9.53. The molecule has 36 heavy (non-hydrogen) atoms. The Morgan fingerprint density at radius 2 is 0.556 bits per heavy atom. The van der Waals surface area contributed by atoms with E-state index in [1.54, 1.807) is 0 Å². The second kappa shape index (κ2) is 27.0. The first-order valence-electron chi connectivity index (χ1n) is 16.8. The second-order valence-electron chi connectivity index (χ2n) is 12.5. The summed E-state index contributed by atoms with van der Waals surface area (Å²) in [6, 6.07) is 2.39. The van der Waals surface area contributed by atoms with E-state index in [1.807, 2.05) is 0 Å². The number of quaternary nitrogens is 1. The van der Waals surface area contributed by atoms with Crippen LogP contribution in [0.1, 0.15) is 196 Å². The molecule has 0 aromatic heterocycles. The van der Waals surface area contributed by atoms with E-state index < -0.39 is 0 Å². The zero-order chi connectivity index (χ0) is 26.2. The fraction of sp³-hybridized carbons (Fsp3) is 1.00. The molecule has 3 atom stereocenters. The van der Waals surface area contributed by atoms with Crippen LogP contribution in [-0.4, -0.2) is 29.7 Å². The second-order valence-corrected chi connectivity index (χ2v) is 12.5. The molecule has 0 aliphatic heterocycles. The van der Waals surface area contributed by atoms with Crippen LogP contribution in [0.15, 0.2) is 0 Å². The Labute approximate surface area is 241 Å². The Morgan fingerprint density at radius 3 is 0.778 bits per heavy atom. The van der Waals surface area contributed by atoms with Gasteiger partial charge in [-0.3, -0.25) is 0 Å². The van der Waals surface area contributed by atoms with E-state index in [9.17, 15) is 0 Å². The molecular formula is C34H72BrN. The number of hydrogen-bond donors (Lipinski definition) is 0. The molecule has 0 radical (unpaired) electrons. The van der Waals surface area contributed by atoms with Gasteiger partial charge in [-0.1, -0.05) is 136 Å². The molecule has 2 heteroatoms. The molecule has 0 amide bonds. The van der Waals surface area contributed by atoms with Gasteiger partial charge in [0, 0.05) is 0 Å². The molecule has 0 fully saturated rings. The van der Waals surface area contributed by atoms with Crippen molar-refractivity contribution < 1.29 is 21.5 Å². The minimum atomic E-state index is 0. The summed E-state index contributed by atoms with van der Waals surface area (Å²) in [7, 11) is 2.64. The Kier molecular flexibility index (Phi) is 29.0. The molecule has 0 spiro atoms. The van der Waals surface area contributed by atoms with Crippen molar-refractivity contribution in [1.29, 1.82) is 0 Å². The van der Waals surface area contributed by atoms with Gasteiger partial charge in [-0.15, -0.1) is 0 Å². The van der Waals surface area contributed by atoms with E-state index in [0.717, 1.165) is 18.1 Å². The smallest absolute Gasteiger partial charge is 0.0863 e. The van der Waals surface area contributed by atoms with Crippen molar-refractivity contribution in [2.75, 3.05) is 7.05 Å². The summed E-state index contributed by atoms with van der Waals surface area (Å²) in [4.78, 5) is 0. The summed E-state index contributed by atoms with van der Waals surface area (Å²) >= 11 is 0. The van der Waals surface area contributed by atoms with Gasteiger partial charge in [0.25, 0.3) is 0 Å². The number of unbranched alkanes of at least 4 members (excludes halogenated alkanes) is 18. The number of hydrogen-bond acceptors (Lipinski definition) is 0. The number of rotatable bonds is 27. The first-order valence-corrected chi connectivity index (χ1v) is 16.8. The summed E-state index contributed by atoms with van der Waals surface area (Å²) in [6.07, 6.45) is 34.4. The van der Waals surface area contributed by atoms with E-state index in [2.05, 4.69) is 48.6 Å². The van der Waals surface area contributed by atoms with Crippen LogP contribution < -0.4 is 17.0 Å². The molecule has 0 heterocycles. The van der Waals surface area contributed by atoms with Crippen LogP contribution in [0.3, 0.4) is 0 Å². The molecule has 0 aromatic carbocycles. The largest absolute Gasteiger partial charge is 1.00 e. The van der Waals surface area contributed by atoms with E-state index in [-0.39, 0.29) is 17.0 Å². The summed E-state index contributed by atoms with van der Waals surface area (Å²) in [6.45, 7) is 14.8. The van der Waals surface area contributed by atoms with Crippen LogP contribution in [0, 0.1) is 0 Å². The van der Waals surface area contributed by atoms with Crippen LogP contribution >= 0.6 is 0 Å². The molecule has 0 bridgehead atoms. The normalized spacial score (nSPS) is 15.8. The summed E-state index contributed by atoms with van der Waals surface area (Å²) in [5.41, 5.74) is 0. The highest BCUT2D eigenvalue weighted by Crippen LogP contribution is 2.31. The lowest BCUT2D eigenvalue weighted by molar-refractivity contribution is -0.974. The maximum atomic E-state index is 2.64. The van der Waals surface area contributed by atoms with Gasteiger partial charge in [-0.05, 0) is 59.3 Å². The van der Waals surface area contributed by atoms with Crippen molar-refractivity contribution in [3.05, 3.63) is 0 Å². The molecular weight excluding hydrogens is 502 g/mol. The highest BCUT2D eigenvalue weighted by atomic mass is 79.9. The summed E-state index contributed by atoms with van der Waals surface area (Å²) in [5, 5.41) is 0. The van der Waals surface area contributed by atoms with Gasteiger partial charge < -0.3 is 21.5 Å². The van der Waals surface area contributed by atoms with Gasteiger partial charge in [0.05, 0.1) is 25.2 Å². The van der Waals surface area contributed by atoms with Crippen molar-refractivity contribution >= 4 is 0 Å². The summed E-state index contributed by atoms with van der Waals surface area (Å²) < 4.78 is 1.32. The molecule has 0 rings (SSSR count). The Bertz CT molecular complexity index is 364. The van der Waals surface area contributed by atoms with Crippen LogP contribution in [0.25, 0.3) is 0 Å². The molecule has 220 valence electrons.